The van der Waals surface area contributed by atoms with E-state index in [9.17, 15) is 4.79 Å². The van der Waals surface area contributed by atoms with Crippen molar-refractivity contribution in [2.75, 3.05) is 6.79 Å². The quantitative estimate of drug-likeness (QED) is 0.361. The highest BCUT2D eigenvalue weighted by Crippen LogP contribution is 2.38. The second kappa shape index (κ2) is 9.46. The van der Waals surface area contributed by atoms with E-state index in [0.717, 1.165) is 46.9 Å². The molecule has 2 aliphatic rings. The Kier molecular flexibility index (Phi) is 5.88. The Morgan fingerprint density at radius 2 is 1.71 bits per heavy atom. The van der Waals surface area contributed by atoms with Gasteiger partial charge in [-0.2, -0.15) is 0 Å². The average molecular weight is 485 g/mol. The van der Waals surface area contributed by atoms with Gasteiger partial charge in [0.2, 0.25) is 12.7 Å². The molecule has 1 N–H and O–H groups in total. The van der Waals surface area contributed by atoms with Crippen molar-refractivity contribution in [2.24, 2.45) is 0 Å². The number of aromatic nitrogens is 3. The van der Waals surface area contributed by atoms with Crippen molar-refractivity contribution in [1.82, 2.24) is 20.1 Å². The van der Waals surface area contributed by atoms with Crippen molar-refractivity contribution in [3.8, 4) is 22.9 Å². The van der Waals surface area contributed by atoms with Gasteiger partial charge in [0, 0.05) is 11.6 Å². The molecule has 1 amide bonds. The molecule has 0 radical (unpaired) electrons. The van der Waals surface area contributed by atoms with Gasteiger partial charge >= 0.3 is 0 Å². The van der Waals surface area contributed by atoms with Crippen LogP contribution in [0.1, 0.15) is 29.2 Å². The Hall–Kier alpha value is -3.78. The number of carbonyl (C=O) groups is 1. The smallest absolute Gasteiger partial charge is 0.238 e. The van der Waals surface area contributed by atoms with E-state index in [2.05, 4.69) is 20.1 Å². The molecule has 0 bridgehead atoms. The van der Waals surface area contributed by atoms with E-state index < -0.39 is 5.25 Å². The van der Waals surface area contributed by atoms with Crippen LogP contribution in [-0.4, -0.2) is 33.5 Å². The number of benzene rings is 3. The lowest BCUT2D eigenvalue weighted by Crippen LogP contribution is -2.30. The minimum Gasteiger partial charge on any atom is -0.454 e. The van der Waals surface area contributed by atoms with Crippen LogP contribution in [0.2, 0.25) is 0 Å². The summed E-state index contributed by atoms with van der Waals surface area (Å²) in [6.07, 6.45) is 2.08. The molecule has 8 heteroatoms. The molecule has 176 valence electrons. The zero-order chi connectivity index (χ0) is 23.6. The fourth-order valence-corrected chi connectivity index (χ4v) is 5.10. The first kappa shape index (κ1) is 21.7. The molecule has 0 unspecified atom stereocenters. The minimum atomic E-state index is -0.430. The van der Waals surface area contributed by atoms with E-state index in [1.54, 1.807) is 0 Å². The van der Waals surface area contributed by atoms with Gasteiger partial charge in [-0.15, -0.1) is 10.2 Å². The molecule has 1 atom stereocenters. The lowest BCUT2D eigenvalue weighted by molar-refractivity contribution is -0.120. The summed E-state index contributed by atoms with van der Waals surface area (Å²) in [6.45, 7) is 0.763. The predicted molar refractivity (Wildman–Crippen MR) is 133 cm³/mol. The van der Waals surface area contributed by atoms with Crippen LogP contribution in [-0.2, 0) is 11.3 Å². The second-order valence-corrected chi connectivity index (χ2v) is 9.71. The summed E-state index contributed by atoms with van der Waals surface area (Å²) in [6, 6.07) is 26.0. The van der Waals surface area contributed by atoms with Crippen LogP contribution in [0.15, 0.2) is 84.0 Å². The molecule has 1 saturated carbocycles. The number of hydrogen-bond donors (Lipinski definition) is 1. The van der Waals surface area contributed by atoms with Crippen molar-refractivity contribution in [1.29, 1.82) is 0 Å². The highest BCUT2D eigenvalue weighted by atomic mass is 32.2. The molecule has 1 aromatic heterocycles. The van der Waals surface area contributed by atoms with Crippen LogP contribution in [0, 0.1) is 0 Å². The fourth-order valence-electron chi connectivity index (χ4n) is 4.05. The van der Waals surface area contributed by atoms with E-state index in [-0.39, 0.29) is 18.7 Å². The number of rotatable bonds is 8. The van der Waals surface area contributed by atoms with Gasteiger partial charge in [-0.05, 0) is 36.1 Å². The third-order valence-electron chi connectivity index (χ3n) is 6.01. The highest BCUT2D eigenvalue weighted by Gasteiger charge is 2.31. The number of thioether (sulfide) groups is 1. The van der Waals surface area contributed by atoms with Gasteiger partial charge in [0.1, 0.15) is 5.25 Å². The van der Waals surface area contributed by atoms with Gasteiger partial charge in [0.05, 0.1) is 6.54 Å². The second-order valence-electron chi connectivity index (χ2n) is 8.64. The summed E-state index contributed by atoms with van der Waals surface area (Å²) in [5.41, 5.74) is 2.94. The van der Waals surface area contributed by atoms with Crippen LogP contribution in [0.3, 0.4) is 0 Å². The molecule has 7 nitrogen and oxygen atoms in total. The van der Waals surface area contributed by atoms with Gasteiger partial charge in [0.25, 0.3) is 0 Å². The predicted octanol–water partition coefficient (Wildman–Crippen LogP) is 4.83. The van der Waals surface area contributed by atoms with Crippen LogP contribution in [0.4, 0.5) is 0 Å². The lowest BCUT2D eigenvalue weighted by Gasteiger charge is -2.18. The van der Waals surface area contributed by atoms with Crippen molar-refractivity contribution in [2.45, 2.75) is 35.8 Å². The van der Waals surface area contributed by atoms with Gasteiger partial charge in [-0.3, -0.25) is 9.36 Å². The standard InChI is InChI=1S/C27H24N4O3S/c32-26(28-21-12-13-21)24(19-7-3-1-4-8-19)35-27-30-29-25(20-9-5-2-6-10-20)31(27)16-18-11-14-22-23(15-18)34-17-33-22/h1-11,14-15,21,24H,12-13,16-17H2,(H,28,32)/t24-/m1/s1. The van der Waals surface area contributed by atoms with Gasteiger partial charge in [0.15, 0.2) is 22.5 Å². The molecule has 1 aliphatic heterocycles. The van der Waals surface area contributed by atoms with Crippen molar-refractivity contribution in [3.05, 3.63) is 90.0 Å². The van der Waals surface area contributed by atoms with Gasteiger partial charge in [-0.1, -0.05) is 78.5 Å². The summed E-state index contributed by atoms with van der Waals surface area (Å²) < 4.78 is 13.1. The van der Waals surface area contributed by atoms with E-state index in [0.29, 0.717) is 11.7 Å². The largest absolute Gasteiger partial charge is 0.454 e. The highest BCUT2D eigenvalue weighted by molar-refractivity contribution is 8.00. The zero-order valence-electron chi connectivity index (χ0n) is 19.0. The zero-order valence-corrected chi connectivity index (χ0v) is 19.8. The summed E-state index contributed by atoms with van der Waals surface area (Å²) >= 11 is 1.43. The Morgan fingerprint density at radius 3 is 2.49 bits per heavy atom. The Balaban J connectivity index is 1.37. The summed E-state index contributed by atoms with van der Waals surface area (Å²) in [7, 11) is 0. The van der Waals surface area contributed by atoms with Gasteiger partial charge < -0.3 is 14.8 Å². The first-order valence-electron chi connectivity index (χ1n) is 11.6. The molecular weight excluding hydrogens is 460 g/mol. The summed E-state index contributed by atoms with van der Waals surface area (Å²) in [5, 5.41) is 12.5. The van der Waals surface area contributed by atoms with E-state index >= 15 is 0 Å². The van der Waals surface area contributed by atoms with Crippen molar-refractivity contribution < 1.29 is 14.3 Å². The molecule has 1 fully saturated rings. The fraction of sp³-hybridized carbons (Fsp3) is 0.222. The van der Waals surface area contributed by atoms with Crippen molar-refractivity contribution >= 4 is 17.7 Å². The molecule has 2 heterocycles. The third-order valence-corrected chi connectivity index (χ3v) is 7.25. The normalized spacial score (nSPS) is 15.1. The van der Waals surface area contributed by atoms with E-state index in [1.165, 1.54) is 11.8 Å². The number of amides is 1. The van der Waals surface area contributed by atoms with Crippen LogP contribution >= 0.6 is 11.8 Å². The average Bonchev–Trinajstić information content (AvgIpc) is 3.43. The number of fused-ring (bicyclic) bond motifs is 1. The summed E-state index contributed by atoms with van der Waals surface area (Å²) in [4.78, 5) is 13.3. The van der Waals surface area contributed by atoms with Crippen molar-refractivity contribution in [3.63, 3.8) is 0 Å². The first-order chi connectivity index (χ1) is 17.2. The first-order valence-corrected chi connectivity index (χ1v) is 12.5. The molecule has 4 aromatic rings. The number of nitrogens with one attached hydrogen (secondary N) is 1. The van der Waals surface area contributed by atoms with E-state index in [1.807, 2.05) is 78.9 Å². The number of ether oxygens (including phenoxy) is 2. The maximum atomic E-state index is 13.3. The number of carbonyl (C=O) groups excluding carboxylic acids is 1. The molecular formula is C27H24N4O3S. The lowest BCUT2D eigenvalue weighted by atomic mass is 10.1. The molecule has 35 heavy (non-hydrogen) atoms. The maximum Gasteiger partial charge on any atom is 0.238 e. The minimum absolute atomic E-state index is 0.00240. The van der Waals surface area contributed by atoms with E-state index in [4.69, 9.17) is 9.47 Å². The number of hydrogen-bond acceptors (Lipinski definition) is 6. The molecule has 1 aliphatic carbocycles. The van der Waals surface area contributed by atoms with Crippen LogP contribution < -0.4 is 14.8 Å². The van der Waals surface area contributed by atoms with Crippen LogP contribution in [0.5, 0.6) is 11.5 Å². The molecule has 0 spiro atoms. The van der Waals surface area contributed by atoms with Crippen LogP contribution in [0.25, 0.3) is 11.4 Å². The third kappa shape index (κ3) is 4.74. The summed E-state index contributed by atoms with van der Waals surface area (Å²) in [5.74, 6) is 2.23. The SMILES string of the molecule is O=C(NC1CC1)[C@H](Sc1nnc(-c2ccccc2)n1Cc1ccc2c(c1)OCO2)c1ccccc1. The molecule has 6 rings (SSSR count). The topological polar surface area (TPSA) is 78.3 Å². The van der Waals surface area contributed by atoms with Gasteiger partial charge in [-0.25, -0.2) is 0 Å². The Labute approximate surface area is 207 Å². The Bertz CT molecular complexity index is 1340. The maximum absolute atomic E-state index is 13.3. The number of nitrogens with zero attached hydrogens (tertiary/aromatic N) is 3. The monoisotopic (exact) mass is 484 g/mol. The molecule has 0 saturated heterocycles. The Morgan fingerprint density at radius 1 is 0.971 bits per heavy atom. The molecule has 3 aromatic carbocycles.